The molecule has 0 saturated carbocycles. The van der Waals surface area contributed by atoms with E-state index in [1.54, 1.807) is 12.1 Å². The molecule has 0 amide bonds. The first kappa shape index (κ1) is 10.9. The van der Waals surface area contributed by atoms with Crippen LogP contribution in [0.5, 0.6) is 5.75 Å². The van der Waals surface area contributed by atoms with Crippen LogP contribution in [-0.2, 0) is 6.42 Å². The average Bonchev–Trinajstić information content (AvgIpc) is 2.20. The molecule has 0 heterocycles. The molecule has 78 valence electrons. The molecule has 1 atom stereocenters. The molecule has 14 heavy (non-hydrogen) atoms. The summed E-state index contributed by atoms with van der Waals surface area (Å²) in [7, 11) is 1.48. The summed E-state index contributed by atoms with van der Waals surface area (Å²) in [5.74, 6) is 0.122. The summed E-state index contributed by atoms with van der Waals surface area (Å²) in [6.07, 6.45) is 0.326. The fourth-order valence-electron chi connectivity index (χ4n) is 1.17. The SMILES string of the molecule is COc1ccc(CC(N)CO)c(F)c1. The third kappa shape index (κ3) is 2.68. The maximum atomic E-state index is 13.3. The van der Waals surface area contributed by atoms with Gasteiger partial charge in [0.2, 0.25) is 0 Å². The lowest BCUT2D eigenvalue weighted by molar-refractivity contribution is 0.264. The van der Waals surface area contributed by atoms with Crippen molar-refractivity contribution in [3.63, 3.8) is 0 Å². The second-order valence-corrected chi connectivity index (χ2v) is 3.10. The number of aliphatic hydroxyl groups excluding tert-OH is 1. The minimum absolute atomic E-state index is 0.147. The number of aliphatic hydroxyl groups is 1. The van der Waals surface area contributed by atoms with E-state index in [1.165, 1.54) is 13.2 Å². The predicted molar refractivity (Wildman–Crippen MR) is 51.7 cm³/mol. The Balaban J connectivity index is 2.78. The largest absolute Gasteiger partial charge is 0.497 e. The van der Waals surface area contributed by atoms with Gasteiger partial charge in [-0.1, -0.05) is 6.07 Å². The van der Waals surface area contributed by atoms with E-state index in [0.29, 0.717) is 17.7 Å². The molecule has 0 aliphatic rings. The molecule has 0 fully saturated rings. The highest BCUT2D eigenvalue weighted by Crippen LogP contribution is 2.16. The van der Waals surface area contributed by atoms with Gasteiger partial charge in [0.25, 0.3) is 0 Å². The molecule has 3 nitrogen and oxygen atoms in total. The summed E-state index contributed by atoms with van der Waals surface area (Å²) < 4.78 is 18.2. The number of methoxy groups -OCH3 is 1. The quantitative estimate of drug-likeness (QED) is 0.750. The molecule has 4 heteroatoms. The second kappa shape index (κ2) is 4.93. The van der Waals surface area contributed by atoms with Gasteiger partial charge in [0, 0.05) is 12.1 Å². The number of benzene rings is 1. The molecular formula is C10H14FNO2. The van der Waals surface area contributed by atoms with Crippen molar-refractivity contribution in [1.29, 1.82) is 0 Å². The molecule has 0 bridgehead atoms. The molecule has 1 rings (SSSR count). The van der Waals surface area contributed by atoms with Crippen LogP contribution in [0.4, 0.5) is 4.39 Å². The van der Waals surface area contributed by atoms with Crippen molar-refractivity contribution in [2.45, 2.75) is 12.5 Å². The van der Waals surface area contributed by atoms with Crippen molar-refractivity contribution in [2.24, 2.45) is 5.73 Å². The number of hydrogen-bond donors (Lipinski definition) is 2. The zero-order chi connectivity index (χ0) is 10.6. The average molecular weight is 199 g/mol. The van der Waals surface area contributed by atoms with Crippen LogP contribution in [0, 0.1) is 5.82 Å². The van der Waals surface area contributed by atoms with E-state index in [2.05, 4.69) is 0 Å². The van der Waals surface area contributed by atoms with Crippen LogP contribution in [0.25, 0.3) is 0 Å². The van der Waals surface area contributed by atoms with Gasteiger partial charge in [-0.15, -0.1) is 0 Å². The van der Waals surface area contributed by atoms with Gasteiger partial charge in [-0.2, -0.15) is 0 Å². The lowest BCUT2D eigenvalue weighted by Crippen LogP contribution is -2.27. The highest BCUT2D eigenvalue weighted by molar-refractivity contribution is 5.29. The smallest absolute Gasteiger partial charge is 0.130 e. The molecule has 0 aliphatic heterocycles. The Morgan fingerprint density at radius 1 is 1.57 bits per heavy atom. The number of ether oxygens (including phenoxy) is 1. The summed E-state index contributed by atoms with van der Waals surface area (Å²) in [5, 5.41) is 8.72. The maximum absolute atomic E-state index is 13.3. The Kier molecular flexibility index (Phi) is 3.85. The van der Waals surface area contributed by atoms with E-state index >= 15 is 0 Å². The molecule has 1 aromatic rings. The molecule has 0 aliphatic carbocycles. The van der Waals surface area contributed by atoms with Crippen LogP contribution < -0.4 is 10.5 Å². The van der Waals surface area contributed by atoms with Gasteiger partial charge in [-0.3, -0.25) is 0 Å². The van der Waals surface area contributed by atoms with E-state index in [-0.39, 0.29) is 12.4 Å². The minimum Gasteiger partial charge on any atom is -0.497 e. The minimum atomic E-state index is -0.419. The third-order valence-electron chi connectivity index (χ3n) is 1.98. The van der Waals surface area contributed by atoms with Crippen molar-refractivity contribution >= 4 is 0 Å². The van der Waals surface area contributed by atoms with Gasteiger partial charge in [0.1, 0.15) is 11.6 Å². The van der Waals surface area contributed by atoms with Gasteiger partial charge in [-0.25, -0.2) is 4.39 Å². The van der Waals surface area contributed by atoms with Crippen LogP contribution in [-0.4, -0.2) is 24.9 Å². The first-order valence-corrected chi connectivity index (χ1v) is 4.36. The molecule has 0 aromatic heterocycles. The van der Waals surface area contributed by atoms with Crippen LogP contribution in [0.15, 0.2) is 18.2 Å². The number of hydrogen-bond acceptors (Lipinski definition) is 3. The first-order chi connectivity index (χ1) is 6.67. The summed E-state index contributed by atoms with van der Waals surface area (Å²) in [5.41, 5.74) is 5.99. The predicted octanol–water partition coefficient (Wildman–Crippen LogP) is 0.696. The monoisotopic (exact) mass is 199 g/mol. The molecule has 0 radical (unpaired) electrons. The Hall–Kier alpha value is -1.13. The Morgan fingerprint density at radius 3 is 2.79 bits per heavy atom. The molecule has 0 spiro atoms. The van der Waals surface area contributed by atoms with Crippen LogP contribution in [0.2, 0.25) is 0 Å². The van der Waals surface area contributed by atoms with Gasteiger partial charge < -0.3 is 15.6 Å². The number of nitrogens with two attached hydrogens (primary N) is 1. The van der Waals surface area contributed by atoms with E-state index in [9.17, 15) is 4.39 Å². The lowest BCUT2D eigenvalue weighted by Gasteiger charge is -2.09. The summed E-state index contributed by atoms with van der Waals surface area (Å²) in [6, 6.07) is 4.17. The van der Waals surface area contributed by atoms with Crippen molar-refractivity contribution in [1.82, 2.24) is 0 Å². The Bertz CT molecular complexity index is 304. The molecule has 0 saturated heterocycles. The molecule has 3 N–H and O–H groups in total. The normalized spacial score (nSPS) is 12.6. The Morgan fingerprint density at radius 2 is 2.29 bits per heavy atom. The number of halogens is 1. The summed E-state index contributed by atoms with van der Waals surface area (Å²) >= 11 is 0. The summed E-state index contributed by atoms with van der Waals surface area (Å²) in [4.78, 5) is 0. The van der Waals surface area contributed by atoms with Crippen LogP contribution >= 0.6 is 0 Å². The fourth-order valence-corrected chi connectivity index (χ4v) is 1.17. The second-order valence-electron chi connectivity index (χ2n) is 3.10. The highest BCUT2D eigenvalue weighted by atomic mass is 19.1. The molecular weight excluding hydrogens is 185 g/mol. The molecule has 1 unspecified atom stereocenters. The third-order valence-corrected chi connectivity index (χ3v) is 1.98. The number of rotatable bonds is 4. The Labute approximate surface area is 82.3 Å². The van der Waals surface area contributed by atoms with E-state index < -0.39 is 6.04 Å². The van der Waals surface area contributed by atoms with Crippen LogP contribution in [0.1, 0.15) is 5.56 Å². The van der Waals surface area contributed by atoms with Crippen molar-refractivity contribution in [3.05, 3.63) is 29.6 Å². The van der Waals surface area contributed by atoms with E-state index in [0.717, 1.165) is 0 Å². The zero-order valence-corrected chi connectivity index (χ0v) is 8.03. The van der Waals surface area contributed by atoms with Crippen molar-refractivity contribution in [3.8, 4) is 5.75 Å². The highest BCUT2D eigenvalue weighted by Gasteiger charge is 2.08. The molecule has 1 aromatic carbocycles. The van der Waals surface area contributed by atoms with Crippen molar-refractivity contribution < 1.29 is 14.2 Å². The van der Waals surface area contributed by atoms with E-state index in [1.807, 2.05) is 0 Å². The fraction of sp³-hybridized carbons (Fsp3) is 0.400. The van der Waals surface area contributed by atoms with Crippen LogP contribution in [0.3, 0.4) is 0 Å². The van der Waals surface area contributed by atoms with Crippen molar-refractivity contribution in [2.75, 3.05) is 13.7 Å². The van der Waals surface area contributed by atoms with Gasteiger partial charge in [0.05, 0.1) is 13.7 Å². The maximum Gasteiger partial charge on any atom is 0.130 e. The topological polar surface area (TPSA) is 55.5 Å². The zero-order valence-electron chi connectivity index (χ0n) is 8.03. The summed E-state index contributed by atoms with van der Waals surface area (Å²) in [6.45, 7) is -0.147. The van der Waals surface area contributed by atoms with Gasteiger partial charge in [0.15, 0.2) is 0 Å². The van der Waals surface area contributed by atoms with Gasteiger partial charge in [-0.05, 0) is 18.1 Å². The first-order valence-electron chi connectivity index (χ1n) is 4.36. The van der Waals surface area contributed by atoms with E-state index in [4.69, 9.17) is 15.6 Å². The standard InChI is InChI=1S/C10H14FNO2/c1-14-9-3-2-7(10(11)5-9)4-8(12)6-13/h2-3,5,8,13H,4,6,12H2,1H3. The lowest BCUT2D eigenvalue weighted by atomic mass is 10.1. The van der Waals surface area contributed by atoms with Gasteiger partial charge >= 0.3 is 0 Å².